The molecule has 0 unspecified atom stereocenters. The third-order valence-corrected chi connectivity index (χ3v) is 8.22. The van der Waals surface area contributed by atoms with Gasteiger partial charge in [0.25, 0.3) is 5.91 Å². The molecule has 4 rings (SSSR count). The first kappa shape index (κ1) is 23.9. The van der Waals surface area contributed by atoms with E-state index in [1.165, 1.54) is 6.26 Å². The molecule has 2 saturated heterocycles. The van der Waals surface area contributed by atoms with E-state index >= 15 is 0 Å². The van der Waals surface area contributed by atoms with E-state index in [4.69, 9.17) is 0 Å². The summed E-state index contributed by atoms with van der Waals surface area (Å²) in [5.41, 5.74) is 3.73. The van der Waals surface area contributed by atoms with Gasteiger partial charge in [-0.2, -0.15) is 0 Å². The van der Waals surface area contributed by atoms with Crippen LogP contribution in [0, 0.1) is 0 Å². The molecular formula is C25H33N3O4S. The number of hydrogen-bond acceptors (Lipinski definition) is 5. The van der Waals surface area contributed by atoms with Crippen LogP contribution in [0.2, 0.25) is 0 Å². The molecule has 2 heterocycles. The van der Waals surface area contributed by atoms with Crippen molar-refractivity contribution in [2.24, 2.45) is 0 Å². The van der Waals surface area contributed by atoms with Gasteiger partial charge >= 0.3 is 0 Å². The number of aliphatic hydroxyl groups excluding tert-OH is 1. The molecule has 3 atom stereocenters. The highest BCUT2D eigenvalue weighted by molar-refractivity contribution is 7.88. The SMILES string of the molecule is CN(C)C(=O)c1cccc(-c2ccc([C@@H]3[C@H](CO)N4CCCCN(S(C)(=O)=O)C[C@@H]34)cc2)c1. The maximum Gasteiger partial charge on any atom is 0.253 e. The van der Waals surface area contributed by atoms with Gasteiger partial charge in [0.1, 0.15) is 0 Å². The van der Waals surface area contributed by atoms with Crippen molar-refractivity contribution in [3.8, 4) is 11.1 Å². The van der Waals surface area contributed by atoms with E-state index in [9.17, 15) is 18.3 Å². The zero-order valence-electron chi connectivity index (χ0n) is 19.5. The number of sulfonamides is 1. The molecule has 0 bridgehead atoms. The molecule has 7 nitrogen and oxygen atoms in total. The molecular weight excluding hydrogens is 438 g/mol. The number of amides is 1. The van der Waals surface area contributed by atoms with Crippen molar-refractivity contribution in [2.75, 3.05) is 46.6 Å². The number of nitrogens with zero attached hydrogens (tertiary/aromatic N) is 3. The molecule has 1 N–H and O–H groups in total. The van der Waals surface area contributed by atoms with Gasteiger partial charge in [0.05, 0.1) is 12.9 Å². The quantitative estimate of drug-likeness (QED) is 0.723. The minimum absolute atomic E-state index is 0.00130. The lowest BCUT2D eigenvalue weighted by atomic mass is 9.74. The normalized spacial score (nSPS) is 24.3. The van der Waals surface area contributed by atoms with Crippen molar-refractivity contribution in [3.05, 3.63) is 59.7 Å². The van der Waals surface area contributed by atoms with Gasteiger partial charge in [-0.1, -0.05) is 36.4 Å². The highest BCUT2D eigenvalue weighted by Gasteiger charge is 2.49. The molecule has 33 heavy (non-hydrogen) atoms. The molecule has 178 valence electrons. The smallest absolute Gasteiger partial charge is 0.253 e. The molecule has 2 aliphatic heterocycles. The highest BCUT2D eigenvalue weighted by Crippen LogP contribution is 2.42. The minimum Gasteiger partial charge on any atom is -0.395 e. The Bertz CT molecular complexity index is 1100. The minimum atomic E-state index is -3.26. The van der Waals surface area contributed by atoms with Crippen molar-refractivity contribution in [3.63, 3.8) is 0 Å². The largest absolute Gasteiger partial charge is 0.395 e. The van der Waals surface area contributed by atoms with Gasteiger partial charge < -0.3 is 10.0 Å². The van der Waals surface area contributed by atoms with Crippen molar-refractivity contribution in [1.82, 2.24) is 14.1 Å². The predicted molar refractivity (Wildman–Crippen MR) is 130 cm³/mol. The predicted octanol–water partition coefficient (Wildman–Crippen LogP) is 2.24. The number of benzene rings is 2. The summed E-state index contributed by atoms with van der Waals surface area (Å²) in [6.45, 7) is 1.95. The molecule has 2 aromatic rings. The zero-order valence-corrected chi connectivity index (χ0v) is 20.3. The molecule has 2 aliphatic rings. The summed E-state index contributed by atoms with van der Waals surface area (Å²) in [6.07, 6.45) is 3.04. The molecule has 0 spiro atoms. The fourth-order valence-electron chi connectivity index (χ4n) is 5.20. The molecule has 1 amide bonds. The van der Waals surface area contributed by atoms with E-state index in [0.29, 0.717) is 18.7 Å². The first-order valence-corrected chi connectivity index (χ1v) is 13.3. The van der Waals surface area contributed by atoms with Crippen LogP contribution in [0.25, 0.3) is 11.1 Å². The second-order valence-electron chi connectivity index (χ2n) is 9.31. The lowest BCUT2D eigenvalue weighted by molar-refractivity contribution is -0.0553. The highest BCUT2D eigenvalue weighted by atomic mass is 32.2. The van der Waals surface area contributed by atoms with Crippen LogP contribution in [0.3, 0.4) is 0 Å². The second-order valence-corrected chi connectivity index (χ2v) is 11.3. The Morgan fingerprint density at radius 2 is 1.76 bits per heavy atom. The lowest BCUT2D eigenvalue weighted by Crippen LogP contribution is -2.67. The van der Waals surface area contributed by atoms with Gasteiger partial charge in [0.15, 0.2) is 0 Å². The van der Waals surface area contributed by atoms with Crippen molar-refractivity contribution in [1.29, 1.82) is 0 Å². The summed E-state index contributed by atoms with van der Waals surface area (Å²) in [7, 11) is 0.215. The van der Waals surface area contributed by atoms with Gasteiger partial charge in [0, 0.05) is 50.7 Å². The molecule has 0 aliphatic carbocycles. The first-order chi connectivity index (χ1) is 15.7. The Labute approximate surface area is 196 Å². The molecule has 0 radical (unpaired) electrons. The van der Waals surface area contributed by atoms with Crippen LogP contribution in [0.15, 0.2) is 48.5 Å². The number of hydrogen-bond donors (Lipinski definition) is 1. The maximum atomic E-state index is 12.3. The summed E-state index contributed by atoms with van der Waals surface area (Å²) in [4.78, 5) is 16.2. The standard InChI is InChI=1S/C25H33N3O4S/c1-26(2)25(30)21-8-6-7-20(15-21)18-9-11-19(12-10-18)24-22-16-27(33(3,31)32)13-4-5-14-28(22)23(24)17-29/h6-12,15,22-24,29H,4-5,13-14,16-17H2,1-3H3/t22-,23-,24-/m0/s1. The second kappa shape index (κ2) is 9.54. The topological polar surface area (TPSA) is 81.2 Å². The maximum absolute atomic E-state index is 12.3. The molecule has 2 aromatic carbocycles. The summed E-state index contributed by atoms with van der Waals surface area (Å²) in [5, 5.41) is 10.1. The number of carbonyl (C=O) groups is 1. The fraction of sp³-hybridized carbons (Fsp3) is 0.480. The number of rotatable bonds is 5. The van der Waals surface area contributed by atoms with E-state index in [2.05, 4.69) is 17.0 Å². The third kappa shape index (κ3) is 4.84. The first-order valence-electron chi connectivity index (χ1n) is 11.4. The van der Waals surface area contributed by atoms with Gasteiger partial charge in [-0.25, -0.2) is 12.7 Å². The summed E-state index contributed by atoms with van der Waals surface area (Å²) in [6, 6.07) is 15.9. The summed E-state index contributed by atoms with van der Waals surface area (Å²) < 4.78 is 26.1. The van der Waals surface area contributed by atoms with Crippen molar-refractivity contribution < 1.29 is 18.3 Å². The van der Waals surface area contributed by atoms with Crippen LogP contribution >= 0.6 is 0 Å². The Hall–Kier alpha value is -2.26. The van der Waals surface area contributed by atoms with Gasteiger partial charge in [0.2, 0.25) is 10.0 Å². The Morgan fingerprint density at radius 3 is 2.39 bits per heavy atom. The Balaban J connectivity index is 1.59. The van der Waals surface area contributed by atoms with Crippen LogP contribution in [0.5, 0.6) is 0 Å². The fourth-order valence-corrected chi connectivity index (χ4v) is 6.08. The molecule has 0 saturated carbocycles. The van der Waals surface area contributed by atoms with Crippen molar-refractivity contribution in [2.45, 2.75) is 30.8 Å². The molecule has 8 heteroatoms. The van der Waals surface area contributed by atoms with Crippen LogP contribution in [-0.4, -0.2) is 92.2 Å². The lowest BCUT2D eigenvalue weighted by Gasteiger charge is -2.57. The monoisotopic (exact) mass is 471 g/mol. The third-order valence-electron chi connectivity index (χ3n) is 6.95. The van der Waals surface area contributed by atoms with E-state index in [-0.39, 0.29) is 30.5 Å². The molecule has 2 fully saturated rings. The molecule has 0 aromatic heterocycles. The van der Waals surface area contributed by atoms with Crippen LogP contribution < -0.4 is 0 Å². The van der Waals surface area contributed by atoms with Gasteiger partial charge in [-0.05, 0) is 48.2 Å². The number of aliphatic hydroxyl groups is 1. The van der Waals surface area contributed by atoms with Crippen molar-refractivity contribution >= 4 is 15.9 Å². The van der Waals surface area contributed by atoms with E-state index in [1.807, 2.05) is 36.4 Å². The average molecular weight is 472 g/mol. The van der Waals surface area contributed by atoms with Gasteiger partial charge in [-0.15, -0.1) is 0 Å². The number of carbonyl (C=O) groups excluding carboxylic acids is 1. The van der Waals surface area contributed by atoms with Crippen LogP contribution in [0.1, 0.15) is 34.7 Å². The Kier molecular flexibility index (Phi) is 6.91. The average Bonchev–Trinajstić information content (AvgIpc) is 2.77. The Morgan fingerprint density at radius 1 is 1.06 bits per heavy atom. The summed E-state index contributed by atoms with van der Waals surface area (Å²) in [5.74, 6) is 0.0431. The van der Waals surface area contributed by atoms with E-state index < -0.39 is 10.0 Å². The van der Waals surface area contributed by atoms with Crippen LogP contribution in [0.4, 0.5) is 0 Å². The zero-order chi connectivity index (χ0) is 23.8. The van der Waals surface area contributed by atoms with E-state index in [0.717, 1.165) is 36.1 Å². The summed E-state index contributed by atoms with van der Waals surface area (Å²) >= 11 is 0. The number of fused-ring (bicyclic) bond motifs is 1. The van der Waals surface area contributed by atoms with E-state index in [1.54, 1.807) is 23.3 Å². The van der Waals surface area contributed by atoms with Crippen LogP contribution in [-0.2, 0) is 10.0 Å². The van der Waals surface area contributed by atoms with Gasteiger partial charge in [-0.3, -0.25) is 9.69 Å².